The number of rotatable bonds is 2. The minimum absolute atomic E-state index is 0.326. The first-order chi connectivity index (χ1) is 11.4. The Labute approximate surface area is 143 Å². The molecule has 2 aromatic rings. The topological polar surface area (TPSA) is 34.6 Å². The SMILES string of the molecule is CC1(C)OB(c2ccc(N3Cc4ccccc4C3)nc2)OC1(C)C. The third kappa shape index (κ3) is 2.52. The summed E-state index contributed by atoms with van der Waals surface area (Å²) >= 11 is 0. The van der Waals surface area contributed by atoms with Crippen LogP contribution in [0.4, 0.5) is 5.82 Å². The summed E-state index contributed by atoms with van der Waals surface area (Å²) in [6.07, 6.45) is 1.88. The van der Waals surface area contributed by atoms with Crippen LogP contribution in [0.5, 0.6) is 0 Å². The van der Waals surface area contributed by atoms with Crippen LogP contribution >= 0.6 is 0 Å². The predicted octanol–water partition coefficient (Wildman–Crippen LogP) is 2.90. The molecule has 0 radical (unpaired) electrons. The van der Waals surface area contributed by atoms with E-state index in [-0.39, 0.29) is 18.3 Å². The van der Waals surface area contributed by atoms with Crippen LogP contribution in [0.25, 0.3) is 0 Å². The van der Waals surface area contributed by atoms with Gasteiger partial charge in [0.25, 0.3) is 0 Å². The zero-order valence-electron chi connectivity index (χ0n) is 14.7. The second-order valence-electron chi connectivity index (χ2n) is 7.66. The zero-order chi connectivity index (χ0) is 16.9. The van der Waals surface area contributed by atoms with Crippen LogP contribution in [0.1, 0.15) is 38.8 Å². The maximum absolute atomic E-state index is 6.09. The van der Waals surface area contributed by atoms with Crippen molar-refractivity contribution in [3.8, 4) is 0 Å². The first kappa shape index (κ1) is 15.7. The summed E-state index contributed by atoms with van der Waals surface area (Å²) in [7, 11) is -0.354. The van der Waals surface area contributed by atoms with E-state index < -0.39 is 0 Å². The number of hydrogen-bond donors (Lipinski definition) is 0. The monoisotopic (exact) mass is 322 g/mol. The maximum atomic E-state index is 6.09. The standard InChI is InChI=1S/C19H23BN2O2/c1-18(2)19(3,4)24-20(23-18)16-9-10-17(21-11-16)22-12-14-7-5-6-8-15(14)13-22/h5-11H,12-13H2,1-4H3. The van der Waals surface area contributed by atoms with Crippen molar-refractivity contribution < 1.29 is 9.31 Å². The number of hydrogen-bond acceptors (Lipinski definition) is 4. The molecule has 0 saturated carbocycles. The van der Waals surface area contributed by atoms with Gasteiger partial charge in [-0.3, -0.25) is 0 Å². The van der Waals surface area contributed by atoms with Crippen LogP contribution in [0, 0.1) is 0 Å². The molecule has 0 amide bonds. The molecule has 2 aliphatic rings. The van der Waals surface area contributed by atoms with Gasteiger partial charge in [0.1, 0.15) is 5.82 Å². The predicted molar refractivity (Wildman–Crippen MR) is 96.3 cm³/mol. The summed E-state index contributed by atoms with van der Waals surface area (Å²) in [5, 5.41) is 0. The van der Waals surface area contributed by atoms with Crippen molar-refractivity contribution in [2.24, 2.45) is 0 Å². The van der Waals surface area contributed by atoms with Crippen molar-refractivity contribution >= 4 is 18.4 Å². The number of fused-ring (bicyclic) bond motifs is 1. The highest BCUT2D eigenvalue weighted by molar-refractivity contribution is 6.62. The Kier molecular flexibility index (Phi) is 3.48. The zero-order valence-corrected chi connectivity index (χ0v) is 14.7. The van der Waals surface area contributed by atoms with Crippen LogP contribution in [-0.4, -0.2) is 23.3 Å². The van der Waals surface area contributed by atoms with E-state index in [1.807, 2.05) is 6.20 Å². The van der Waals surface area contributed by atoms with Crippen LogP contribution in [-0.2, 0) is 22.4 Å². The van der Waals surface area contributed by atoms with E-state index in [2.05, 4.69) is 74.0 Å². The van der Waals surface area contributed by atoms with E-state index in [0.29, 0.717) is 0 Å². The van der Waals surface area contributed by atoms with E-state index in [1.54, 1.807) is 0 Å². The molecule has 1 saturated heterocycles. The quantitative estimate of drug-likeness (QED) is 0.797. The van der Waals surface area contributed by atoms with Gasteiger partial charge in [0.05, 0.1) is 11.2 Å². The Morgan fingerprint density at radius 1 is 0.917 bits per heavy atom. The van der Waals surface area contributed by atoms with Crippen molar-refractivity contribution in [2.75, 3.05) is 4.90 Å². The van der Waals surface area contributed by atoms with E-state index in [9.17, 15) is 0 Å². The first-order valence-electron chi connectivity index (χ1n) is 8.49. The van der Waals surface area contributed by atoms with Crippen molar-refractivity contribution in [3.05, 3.63) is 53.7 Å². The molecule has 0 spiro atoms. The summed E-state index contributed by atoms with van der Waals surface area (Å²) in [4.78, 5) is 6.94. The Morgan fingerprint density at radius 3 is 2.00 bits per heavy atom. The summed E-state index contributed by atoms with van der Waals surface area (Å²) in [6.45, 7) is 10.1. The highest BCUT2D eigenvalue weighted by Crippen LogP contribution is 2.36. The molecule has 3 heterocycles. The molecule has 4 nitrogen and oxygen atoms in total. The highest BCUT2D eigenvalue weighted by Gasteiger charge is 2.51. The minimum Gasteiger partial charge on any atom is -0.399 e. The molecule has 0 N–H and O–H groups in total. The van der Waals surface area contributed by atoms with Gasteiger partial charge in [0.2, 0.25) is 0 Å². The third-order valence-electron chi connectivity index (χ3n) is 5.46. The van der Waals surface area contributed by atoms with E-state index in [4.69, 9.17) is 9.31 Å². The fourth-order valence-electron chi connectivity index (χ4n) is 3.20. The van der Waals surface area contributed by atoms with Crippen molar-refractivity contribution in [1.29, 1.82) is 0 Å². The molecule has 0 aliphatic carbocycles. The fourth-order valence-corrected chi connectivity index (χ4v) is 3.20. The van der Waals surface area contributed by atoms with Gasteiger partial charge in [-0.25, -0.2) is 4.98 Å². The fraction of sp³-hybridized carbons (Fsp3) is 0.421. The molecule has 0 atom stereocenters. The van der Waals surface area contributed by atoms with Gasteiger partial charge in [-0.05, 0) is 44.9 Å². The Bertz CT molecular complexity index is 717. The molecule has 2 aliphatic heterocycles. The lowest BCUT2D eigenvalue weighted by Crippen LogP contribution is -2.41. The van der Waals surface area contributed by atoms with E-state index >= 15 is 0 Å². The van der Waals surface area contributed by atoms with Crippen LogP contribution in [0.15, 0.2) is 42.6 Å². The van der Waals surface area contributed by atoms with Crippen LogP contribution in [0.3, 0.4) is 0 Å². The number of aromatic nitrogens is 1. The molecule has 1 aromatic carbocycles. The summed E-state index contributed by atoms with van der Waals surface area (Å²) in [5.74, 6) is 0.992. The normalized spacial score (nSPS) is 21.2. The molecule has 0 bridgehead atoms. The molecule has 5 heteroatoms. The Morgan fingerprint density at radius 2 is 1.50 bits per heavy atom. The highest BCUT2D eigenvalue weighted by atomic mass is 16.7. The molecule has 1 fully saturated rings. The third-order valence-corrected chi connectivity index (χ3v) is 5.46. The van der Waals surface area contributed by atoms with Crippen LogP contribution in [0.2, 0.25) is 0 Å². The number of anilines is 1. The van der Waals surface area contributed by atoms with Gasteiger partial charge in [0, 0.05) is 24.7 Å². The lowest BCUT2D eigenvalue weighted by atomic mass is 9.80. The van der Waals surface area contributed by atoms with Crippen LogP contribution < -0.4 is 10.4 Å². The van der Waals surface area contributed by atoms with Gasteiger partial charge in [-0.15, -0.1) is 0 Å². The van der Waals surface area contributed by atoms with Crippen molar-refractivity contribution in [3.63, 3.8) is 0 Å². The largest absolute Gasteiger partial charge is 0.496 e. The van der Waals surface area contributed by atoms with Crippen molar-refractivity contribution in [2.45, 2.75) is 52.0 Å². The van der Waals surface area contributed by atoms with Gasteiger partial charge < -0.3 is 14.2 Å². The lowest BCUT2D eigenvalue weighted by molar-refractivity contribution is 0.00578. The number of nitrogens with zero attached hydrogens (tertiary/aromatic N) is 2. The molecule has 124 valence electrons. The summed E-state index contributed by atoms with van der Waals surface area (Å²) in [5.41, 5.74) is 3.08. The molecule has 24 heavy (non-hydrogen) atoms. The van der Waals surface area contributed by atoms with E-state index in [1.165, 1.54) is 11.1 Å². The summed E-state index contributed by atoms with van der Waals surface area (Å²) < 4.78 is 12.2. The van der Waals surface area contributed by atoms with Gasteiger partial charge in [0.15, 0.2) is 0 Å². The Balaban J connectivity index is 1.51. The average Bonchev–Trinajstić information content (AvgIpc) is 3.06. The molecule has 4 rings (SSSR count). The minimum atomic E-state index is -0.354. The Hall–Kier alpha value is -1.85. The molecular formula is C19H23BN2O2. The molecule has 0 unspecified atom stereocenters. The number of benzene rings is 1. The van der Waals surface area contributed by atoms with E-state index in [0.717, 1.165) is 24.4 Å². The lowest BCUT2D eigenvalue weighted by Gasteiger charge is -2.32. The molecule has 1 aromatic heterocycles. The van der Waals surface area contributed by atoms with Crippen molar-refractivity contribution in [1.82, 2.24) is 4.98 Å². The second-order valence-corrected chi connectivity index (χ2v) is 7.66. The smallest absolute Gasteiger partial charge is 0.399 e. The molecular weight excluding hydrogens is 299 g/mol. The van der Waals surface area contributed by atoms with Gasteiger partial charge in [-0.2, -0.15) is 0 Å². The number of pyridine rings is 1. The van der Waals surface area contributed by atoms with Gasteiger partial charge in [-0.1, -0.05) is 30.3 Å². The maximum Gasteiger partial charge on any atom is 0.496 e. The second kappa shape index (κ2) is 5.33. The summed E-state index contributed by atoms with van der Waals surface area (Å²) in [6, 6.07) is 12.7. The van der Waals surface area contributed by atoms with Gasteiger partial charge >= 0.3 is 7.12 Å². The average molecular weight is 322 g/mol. The first-order valence-corrected chi connectivity index (χ1v) is 8.49.